The van der Waals surface area contributed by atoms with Crippen molar-refractivity contribution in [2.45, 2.75) is 26.3 Å². The van der Waals surface area contributed by atoms with E-state index in [0.717, 1.165) is 25.5 Å². The molecular formula is C14H23N5O. The van der Waals surface area contributed by atoms with E-state index in [1.807, 2.05) is 4.90 Å². The first-order valence-corrected chi connectivity index (χ1v) is 7.14. The number of nitrogens with zero attached hydrogens (tertiary/aromatic N) is 4. The van der Waals surface area contributed by atoms with Crippen LogP contribution < -0.4 is 10.6 Å². The summed E-state index contributed by atoms with van der Waals surface area (Å²) in [4.78, 5) is 24.6. The minimum Gasteiger partial charge on any atom is -0.338 e. The molecule has 1 aromatic rings. The number of carbonyl (C=O) groups excluding carboxylic acids is 1. The molecule has 6 nitrogen and oxygen atoms in total. The van der Waals surface area contributed by atoms with Gasteiger partial charge in [0.25, 0.3) is 0 Å². The van der Waals surface area contributed by atoms with Gasteiger partial charge in [-0.3, -0.25) is 4.79 Å². The van der Waals surface area contributed by atoms with Crippen LogP contribution in [-0.4, -0.2) is 53.0 Å². The van der Waals surface area contributed by atoms with Crippen molar-refractivity contribution in [2.75, 3.05) is 31.1 Å². The van der Waals surface area contributed by atoms with Crippen molar-refractivity contribution >= 4 is 11.9 Å². The van der Waals surface area contributed by atoms with E-state index in [1.165, 1.54) is 0 Å². The van der Waals surface area contributed by atoms with Gasteiger partial charge in [-0.2, -0.15) is 0 Å². The zero-order valence-electron chi connectivity index (χ0n) is 12.2. The van der Waals surface area contributed by atoms with Crippen LogP contribution in [0.15, 0.2) is 18.5 Å². The van der Waals surface area contributed by atoms with Crippen molar-refractivity contribution in [1.29, 1.82) is 0 Å². The first kappa shape index (κ1) is 14.7. The predicted molar refractivity (Wildman–Crippen MR) is 78.3 cm³/mol. The summed E-state index contributed by atoms with van der Waals surface area (Å²) in [6.45, 7) is 7.04. The van der Waals surface area contributed by atoms with Gasteiger partial charge in [-0.25, -0.2) is 9.97 Å². The van der Waals surface area contributed by atoms with Gasteiger partial charge in [-0.15, -0.1) is 0 Å². The molecule has 1 atom stereocenters. The van der Waals surface area contributed by atoms with E-state index in [4.69, 9.17) is 5.73 Å². The first-order chi connectivity index (χ1) is 9.58. The Kier molecular flexibility index (Phi) is 4.89. The minimum atomic E-state index is -0.380. The number of aromatic nitrogens is 2. The molecule has 1 aliphatic heterocycles. The standard InChI is InChI=1S/C14H23N5O/c1-11(2)10-12(15)13(20)18-6-8-19(9-7-18)14-16-4-3-5-17-14/h3-5,11-12H,6-10,15H2,1-2H3/t12-/m1/s1. The second-order valence-electron chi connectivity index (χ2n) is 5.60. The Morgan fingerprint density at radius 2 is 1.85 bits per heavy atom. The summed E-state index contributed by atoms with van der Waals surface area (Å²) in [5, 5.41) is 0. The van der Waals surface area contributed by atoms with Crippen LogP contribution in [0.25, 0.3) is 0 Å². The summed E-state index contributed by atoms with van der Waals surface area (Å²) >= 11 is 0. The van der Waals surface area contributed by atoms with Crippen LogP contribution in [0, 0.1) is 5.92 Å². The van der Waals surface area contributed by atoms with E-state index in [9.17, 15) is 4.79 Å². The lowest BCUT2D eigenvalue weighted by atomic mass is 10.0. The molecule has 2 N–H and O–H groups in total. The highest BCUT2D eigenvalue weighted by atomic mass is 16.2. The van der Waals surface area contributed by atoms with Gasteiger partial charge in [0.2, 0.25) is 11.9 Å². The van der Waals surface area contributed by atoms with E-state index in [0.29, 0.717) is 19.0 Å². The molecule has 0 spiro atoms. The van der Waals surface area contributed by atoms with Gasteiger partial charge in [-0.1, -0.05) is 13.8 Å². The summed E-state index contributed by atoms with van der Waals surface area (Å²) in [5.41, 5.74) is 5.97. The normalized spacial score (nSPS) is 17.4. The Labute approximate surface area is 120 Å². The average molecular weight is 277 g/mol. The molecule has 0 aliphatic carbocycles. The fourth-order valence-corrected chi connectivity index (χ4v) is 2.42. The zero-order chi connectivity index (χ0) is 14.5. The Morgan fingerprint density at radius 3 is 2.40 bits per heavy atom. The lowest BCUT2D eigenvalue weighted by Crippen LogP contribution is -2.53. The maximum atomic E-state index is 12.2. The van der Waals surface area contributed by atoms with Crippen LogP contribution in [0.4, 0.5) is 5.95 Å². The van der Waals surface area contributed by atoms with E-state index < -0.39 is 0 Å². The fourth-order valence-electron chi connectivity index (χ4n) is 2.42. The van der Waals surface area contributed by atoms with Gasteiger partial charge in [0.05, 0.1) is 6.04 Å². The van der Waals surface area contributed by atoms with Crippen LogP contribution in [0.5, 0.6) is 0 Å². The number of piperazine rings is 1. The smallest absolute Gasteiger partial charge is 0.239 e. The van der Waals surface area contributed by atoms with Gasteiger partial charge in [0.15, 0.2) is 0 Å². The Balaban J connectivity index is 1.86. The third-order valence-electron chi connectivity index (χ3n) is 3.47. The highest BCUT2D eigenvalue weighted by Gasteiger charge is 2.26. The molecule has 20 heavy (non-hydrogen) atoms. The lowest BCUT2D eigenvalue weighted by molar-refractivity contribution is -0.133. The molecule has 2 rings (SSSR count). The quantitative estimate of drug-likeness (QED) is 0.867. The monoisotopic (exact) mass is 277 g/mol. The Bertz CT molecular complexity index is 428. The number of carbonyl (C=O) groups is 1. The number of amides is 1. The van der Waals surface area contributed by atoms with E-state index in [1.54, 1.807) is 18.5 Å². The number of rotatable bonds is 4. The molecular weight excluding hydrogens is 254 g/mol. The van der Waals surface area contributed by atoms with Crippen molar-refractivity contribution < 1.29 is 4.79 Å². The molecule has 1 saturated heterocycles. The number of hydrogen-bond donors (Lipinski definition) is 1. The van der Waals surface area contributed by atoms with Crippen molar-refractivity contribution in [2.24, 2.45) is 11.7 Å². The molecule has 6 heteroatoms. The second kappa shape index (κ2) is 6.65. The highest BCUT2D eigenvalue weighted by molar-refractivity contribution is 5.81. The zero-order valence-corrected chi connectivity index (χ0v) is 12.2. The van der Waals surface area contributed by atoms with Gasteiger partial charge in [0.1, 0.15) is 0 Å². The van der Waals surface area contributed by atoms with Crippen LogP contribution in [-0.2, 0) is 4.79 Å². The van der Waals surface area contributed by atoms with E-state index >= 15 is 0 Å². The predicted octanol–water partition coefficient (Wildman–Crippen LogP) is 0.499. The van der Waals surface area contributed by atoms with Crippen LogP contribution >= 0.6 is 0 Å². The molecule has 110 valence electrons. The largest absolute Gasteiger partial charge is 0.338 e. The average Bonchev–Trinajstić information content (AvgIpc) is 2.47. The molecule has 0 saturated carbocycles. The van der Waals surface area contributed by atoms with Gasteiger partial charge >= 0.3 is 0 Å². The molecule has 0 radical (unpaired) electrons. The maximum Gasteiger partial charge on any atom is 0.239 e. The summed E-state index contributed by atoms with van der Waals surface area (Å²) in [7, 11) is 0. The Hall–Kier alpha value is -1.69. The Morgan fingerprint density at radius 1 is 1.25 bits per heavy atom. The summed E-state index contributed by atoms with van der Waals surface area (Å²) < 4.78 is 0. The van der Waals surface area contributed by atoms with Crippen LogP contribution in [0.3, 0.4) is 0 Å². The minimum absolute atomic E-state index is 0.0623. The van der Waals surface area contributed by atoms with Crippen LogP contribution in [0.2, 0.25) is 0 Å². The number of hydrogen-bond acceptors (Lipinski definition) is 5. The third kappa shape index (κ3) is 3.66. The molecule has 1 aromatic heterocycles. The number of anilines is 1. The molecule has 0 unspecified atom stereocenters. The second-order valence-corrected chi connectivity index (χ2v) is 5.60. The van der Waals surface area contributed by atoms with Crippen LogP contribution in [0.1, 0.15) is 20.3 Å². The van der Waals surface area contributed by atoms with Gasteiger partial charge in [0, 0.05) is 38.6 Å². The van der Waals surface area contributed by atoms with E-state index in [-0.39, 0.29) is 11.9 Å². The maximum absolute atomic E-state index is 12.2. The number of nitrogens with two attached hydrogens (primary N) is 1. The molecule has 1 aliphatic rings. The van der Waals surface area contributed by atoms with Crippen molar-refractivity contribution in [3.8, 4) is 0 Å². The SMILES string of the molecule is CC(C)C[C@@H](N)C(=O)N1CCN(c2ncccn2)CC1. The molecule has 1 fully saturated rings. The lowest BCUT2D eigenvalue weighted by Gasteiger charge is -2.36. The molecule has 1 amide bonds. The van der Waals surface area contributed by atoms with Crippen molar-refractivity contribution in [3.63, 3.8) is 0 Å². The fraction of sp³-hybridized carbons (Fsp3) is 0.643. The molecule has 2 heterocycles. The summed E-state index contributed by atoms with van der Waals surface area (Å²) in [6, 6.07) is 1.42. The summed E-state index contributed by atoms with van der Waals surface area (Å²) in [5.74, 6) is 1.23. The first-order valence-electron chi connectivity index (χ1n) is 7.14. The summed E-state index contributed by atoms with van der Waals surface area (Å²) in [6.07, 6.45) is 4.21. The topological polar surface area (TPSA) is 75.4 Å². The van der Waals surface area contributed by atoms with E-state index in [2.05, 4.69) is 28.7 Å². The van der Waals surface area contributed by atoms with Gasteiger partial charge < -0.3 is 15.5 Å². The highest BCUT2D eigenvalue weighted by Crippen LogP contribution is 2.12. The third-order valence-corrected chi connectivity index (χ3v) is 3.47. The van der Waals surface area contributed by atoms with Crippen molar-refractivity contribution in [1.82, 2.24) is 14.9 Å². The molecule has 0 aromatic carbocycles. The van der Waals surface area contributed by atoms with Gasteiger partial charge in [-0.05, 0) is 18.4 Å². The molecule has 0 bridgehead atoms. The van der Waals surface area contributed by atoms with Crippen molar-refractivity contribution in [3.05, 3.63) is 18.5 Å².